The summed E-state index contributed by atoms with van der Waals surface area (Å²) in [6.45, 7) is 3.02. The first-order chi connectivity index (χ1) is 10.3. The van der Waals surface area contributed by atoms with E-state index in [-0.39, 0.29) is 17.1 Å². The van der Waals surface area contributed by atoms with Crippen molar-refractivity contribution in [2.24, 2.45) is 0 Å². The molecule has 22 heavy (non-hydrogen) atoms. The fraction of sp³-hybridized carbons (Fsp3) is 0.231. The molecule has 116 valence electrons. The van der Waals surface area contributed by atoms with E-state index < -0.39 is 22.7 Å². The Morgan fingerprint density at radius 1 is 1.55 bits per heavy atom. The second kappa shape index (κ2) is 6.22. The molecule has 0 radical (unpaired) electrons. The lowest BCUT2D eigenvalue weighted by atomic mass is 10.2. The van der Waals surface area contributed by atoms with Crippen molar-refractivity contribution in [2.75, 3.05) is 5.32 Å². The maximum atomic E-state index is 13.7. The number of carbonyl (C=O) groups excluding carboxylic acids is 1. The first-order valence-corrected chi connectivity index (χ1v) is 7.05. The van der Waals surface area contributed by atoms with E-state index >= 15 is 0 Å². The highest BCUT2D eigenvalue weighted by Crippen LogP contribution is 2.23. The minimum absolute atomic E-state index is 0.0272. The molecule has 1 heterocycles. The zero-order chi connectivity index (χ0) is 16.4. The largest absolute Gasteiger partial charge is 0.322 e. The van der Waals surface area contributed by atoms with E-state index in [0.29, 0.717) is 4.47 Å². The summed E-state index contributed by atoms with van der Waals surface area (Å²) in [6, 6.07) is 3.41. The molecule has 1 amide bonds. The number of hydrogen-bond donors (Lipinski definition) is 1. The third kappa shape index (κ3) is 3.14. The smallest absolute Gasteiger partial charge is 0.309 e. The molecule has 0 saturated carbocycles. The van der Waals surface area contributed by atoms with Crippen molar-refractivity contribution in [1.82, 2.24) is 9.78 Å². The molecular weight excluding hydrogens is 359 g/mol. The Bertz CT molecular complexity index is 747. The molecule has 1 aromatic heterocycles. The summed E-state index contributed by atoms with van der Waals surface area (Å²) in [5.41, 5.74) is 0.109. The quantitative estimate of drug-likeness (QED) is 0.660. The summed E-state index contributed by atoms with van der Waals surface area (Å²) in [5.74, 6) is -1.11. The Balaban J connectivity index is 2.20. The van der Waals surface area contributed by atoms with E-state index in [1.165, 1.54) is 30.7 Å². The van der Waals surface area contributed by atoms with Gasteiger partial charge in [0.05, 0.1) is 10.6 Å². The van der Waals surface area contributed by atoms with Crippen LogP contribution in [-0.2, 0) is 4.79 Å². The number of aromatic nitrogens is 2. The topological polar surface area (TPSA) is 90.1 Å². The third-order valence-corrected chi connectivity index (χ3v) is 3.64. The van der Waals surface area contributed by atoms with E-state index in [2.05, 4.69) is 26.3 Å². The summed E-state index contributed by atoms with van der Waals surface area (Å²) >= 11 is 3.12. The van der Waals surface area contributed by atoms with Gasteiger partial charge in [0.25, 0.3) is 0 Å². The lowest BCUT2D eigenvalue weighted by Gasteiger charge is -2.14. The predicted octanol–water partition coefficient (Wildman–Crippen LogP) is 3.20. The van der Waals surface area contributed by atoms with Gasteiger partial charge in [0, 0.05) is 4.47 Å². The lowest BCUT2D eigenvalue weighted by Crippen LogP contribution is -2.25. The van der Waals surface area contributed by atoms with Crippen molar-refractivity contribution in [1.29, 1.82) is 0 Å². The molecule has 2 aromatic rings. The zero-order valence-corrected chi connectivity index (χ0v) is 13.3. The number of hydrogen-bond acceptors (Lipinski definition) is 4. The van der Waals surface area contributed by atoms with Gasteiger partial charge in [0.2, 0.25) is 5.91 Å². The van der Waals surface area contributed by atoms with Crippen molar-refractivity contribution in [3.8, 4) is 0 Å². The van der Waals surface area contributed by atoms with Crippen LogP contribution in [0, 0.1) is 22.9 Å². The van der Waals surface area contributed by atoms with Gasteiger partial charge in [-0.3, -0.25) is 19.6 Å². The average Bonchev–Trinajstić information content (AvgIpc) is 2.83. The summed E-state index contributed by atoms with van der Waals surface area (Å²) in [5, 5.41) is 17.1. The maximum absolute atomic E-state index is 13.7. The highest BCUT2D eigenvalue weighted by atomic mass is 79.9. The average molecular weight is 371 g/mol. The number of nitro groups is 1. The van der Waals surface area contributed by atoms with Crippen LogP contribution in [0.2, 0.25) is 0 Å². The van der Waals surface area contributed by atoms with Crippen molar-refractivity contribution in [3.63, 3.8) is 0 Å². The third-order valence-electron chi connectivity index (χ3n) is 3.15. The van der Waals surface area contributed by atoms with Gasteiger partial charge in [-0.2, -0.15) is 5.10 Å². The van der Waals surface area contributed by atoms with Gasteiger partial charge >= 0.3 is 5.69 Å². The minimum atomic E-state index is -0.822. The molecule has 0 bridgehead atoms. The standard InChI is InChI=1S/C13H12BrFN4O3/c1-7-12(19(21)22)6-16-18(7)8(2)13(20)17-11-4-3-9(14)5-10(11)15/h3-6,8H,1-2H3,(H,17,20). The van der Waals surface area contributed by atoms with Crippen LogP contribution >= 0.6 is 15.9 Å². The van der Waals surface area contributed by atoms with E-state index in [4.69, 9.17) is 0 Å². The first kappa shape index (κ1) is 16.1. The molecule has 1 aromatic carbocycles. The van der Waals surface area contributed by atoms with E-state index in [1.54, 1.807) is 6.07 Å². The van der Waals surface area contributed by atoms with Gasteiger partial charge in [0.15, 0.2) is 0 Å². The Labute approximate surface area is 133 Å². The molecule has 0 spiro atoms. The summed E-state index contributed by atoms with van der Waals surface area (Å²) in [6.07, 6.45) is 1.08. The molecule has 1 N–H and O–H groups in total. The van der Waals surface area contributed by atoms with Crippen LogP contribution in [0.5, 0.6) is 0 Å². The van der Waals surface area contributed by atoms with Crippen molar-refractivity contribution in [3.05, 3.63) is 50.5 Å². The van der Waals surface area contributed by atoms with Crippen LogP contribution in [0.3, 0.4) is 0 Å². The van der Waals surface area contributed by atoms with E-state index in [9.17, 15) is 19.3 Å². The van der Waals surface area contributed by atoms with Crippen molar-refractivity contribution >= 4 is 33.2 Å². The normalized spacial score (nSPS) is 12.0. The minimum Gasteiger partial charge on any atom is -0.322 e. The van der Waals surface area contributed by atoms with Crippen LogP contribution in [0.25, 0.3) is 0 Å². The first-order valence-electron chi connectivity index (χ1n) is 6.25. The SMILES string of the molecule is Cc1c([N+](=O)[O-])cnn1C(C)C(=O)Nc1ccc(Br)cc1F. The Morgan fingerprint density at radius 2 is 2.23 bits per heavy atom. The van der Waals surface area contributed by atoms with Crippen LogP contribution in [-0.4, -0.2) is 20.6 Å². The molecule has 0 aliphatic carbocycles. The Morgan fingerprint density at radius 3 is 2.77 bits per heavy atom. The predicted molar refractivity (Wildman–Crippen MR) is 81.1 cm³/mol. The monoisotopic (exact) mass is 370 g/mol. The number of rotatable bonds is 4. The van der Waals surface area contributed by atoms with Gasteiger partial charge in [-0.25, -0.2) is 4.39 Å². The lowest BCUT2D eigenvalue weighted by molar-refractivity contribution is -0.385. The fourth-order valence-electron chi connectivity index (χ4n) is 1.92. The molecule has 0 fully saturated rings. The highest BCUT2D eigenvalue weighted by molar-refractivity contribution is 9.10. The summed E-state index contributed by atoms with van der Waals surface area (Å²) < 4.78 is 15.5. The molecule has 1 unspecified atom stereocenters. The van der Waals surface area contributed by atoms with E-state index in [1.807, 2.05) is 0 Å². The van der Waals surface area contributed by atoms with Crippen molar-refractivity contribution in [2.45, 2.75) is 19.9 Å². The molecule has 2 rings (SSSR count). The number of carbonyl (C=O) groups is 1. The molecule has 1 atom stereocenters. The number of halogens is 2. The second-order valence-corrected chi connectivity index (χ2v) is 5.52. The van der Waals surface area contributed by atoms with Gasteiger partial charge in [-0.05, 0) is 32.0 Å². The van der Waals surface area contributed by atoms with Gasteiger partial charge in [0.1, 0.15) is 23.7 Å². The Kier molecular flexibility index (Phi) is 4.55. The molecule has 0 aliphatic heterocycles. The van der Waals surface area contributed by atoms with Crippen LogP contribution in [0.1, 0.15) is 18.7 Å². The van der Waals surface area contributed by atoms with Gasteiger partial charge in [-0.1, -0.05) is 15.9 Å². The molecule has 9 heteroatoms. The van der Waals surface area contributed by atoms with E-state index in [0.717, 1.165) is 6.20 Å². The zero-order valence-electron chi connectivity index (χ0n) is 11.7. The molecule has 0 aliphatic rings. The summed E-state index contributed by atoms with van der Waals surface area (Å²) in [7, 11) is 0. The van der Waals surface area contributed by atoms with Crippen LogP contribution in [0.15, 0.2) is 28.9 Å². The number of anilines is 1. The maximum Gasteiger partial charge on any atom is 0.309 e. The van der Waals surface area contributed by atoms with Crippen LogP contribution in [0.4, 0.5) is 15.8 Å². The summed E-state index contributed by atoms with van der Waals surface area (Å²) in [4.78, 5) is 22.4. The Hall–Kier alpha value is -2.29. The van der Waals surface area contributed by atoms with Crippen molar-refractivity contribution < 1.29 is 14.1 Å². The van der Waals surface area contributed by atoms with Gasteiger partial charge < -0.3 is 5.32 Å². The molecular formula is C13H12BrFN4O3. The number of nitrogens with one attached hydrogen (secondary N) is 1. The highest BCUT2D eigenvalue weighted by Gasteiger charge is 2.24. The fourth-order valence-corrected chi connectivity index (χ4v) is 2.26. The number of amides is 1. The second-order valence-electron chi connectivity index (χ2n) is 4.61. The number of nitrogens with zero attached hydrogens (tertiary/aromatic N) is 3. The van der Waals surface area contributed by atoms with Crippen LogP contribution < -0.4 is 5.32 Å². The molecule has 0 saturated heterocycles. The molecule has 7 nitrogen and oxygen atoms in total. The number of benzene rings is 1. The van der Waals surface area contributed by atoms with Gasteiger partial charge in [-0.15, -0.1) is 0 Å².